The summed E-state index contributed by atoms with van der Waals surface area (Å²) < 4.78 is 5.60. The van der Waals surface area contributed by atoms with E-state index >= 15 is 0 Å². The first-order chi connectivity index (χ1) is 18.5. The maximum Gasteiger partial charge on any atom is 0.263 e. The molecule has 1 amide bonds. The lowest BCUT2D eigenvalue weighted by molar-refractivity contribution is 0.102. The van der Waals surface area contributed by atoms with Gasteiger partial charge in [0.25, 0.3) is 11.5 Å². The molecule has 1 saturated carbocycles. The van der Waals surface area contributed by atoms with E-state index in [9.17, 15) is 9.59 Å². The number of rotatable bonds is 6. The average molecular weight is 516 g/mol. The number of H-pyrrole nitrogens is 1. The fourth-order valence-electron chi connectivity index (χ4n) is 5.35. The highest BCUT2D eigenvalue weighted by atomic mass is 16.5. The Kier molecular flexibility index (Phi) is 6.40. The number of carbonyl (C=O) groups is 1. The number of aromatic nitrogens is 2. The van der Waals surface area contributed by atoms with Crippen molar-refractivity contribution in [3.8, 4) is 5.88 Å². The molecule has 2 aromatic heterocycles. The molecule has 3 aliphatic rings. The highest BCUT2D eigenvalue weighted by Crippen LogP contribution is 2.34. The molecule has 2 fully saturated rings. The van der Waals surface area contributed by atoms with E-state index in [1.54, 1.807) is 12.3 Å². The first kappa shape index (κ1) is 24.3. The van der Waals surface area contributed by atoms with Gasteiger partial charge in [-0.2, -0.15) is 0 Å². The molecular formula is C28H33N7O3. The fourth-order valence-corrected chi connectivity index (χ4v) is 5.35. The van der Waals surface area contributed by atoms with E-state index < -0.39 is 11.5 Å². The van der Waals surface area contributed by atoms with Crippen LogP contribution in [-0.4, -0.2) is 66.1 Å². The second-order valence-corrected chi connectivity index (χ2v) is 10.2. The summed E-state index contributed by atoms with van der Waals surface area (Å²) in [6.45, 7) is 9.45. The van der Waals surface area contributed by atoms with Crippen molar-refractivity contribution in [2.75, 3.05) is 60.2 Å². The van der Waals surface area contributed by atoms with Crippen molar-refractivity contribution in [3.05, 3.63) is 63.7 Å². The lowest BCUT2D eigenvalue weighted by Crippen LogP contribution is -2.47. The van der Waals surface area contributed by atoms with Crippen molar-refractivity contribution in [2.45, 2.75) is 32.7 Å². The molecule has 0 radical (unpaired) electrons. The number of nitrogens with one attached hydrogen (secondary N) is 4. The highest BCUT2D eigenvalue weighted by molar-refractivity contribution is 6.08. The van der Waals surface area contributed by atoms with Crippen molar-refractivity contribution in [3.63, 3.8) is 0 Å². The number of nitrogens with zero attached hydrogens (tertiary/aromatic N) is 3. The van der Waals surface area contributed by atoms with Gasteiger partial charge in [-0.15, -0.1) is 0 Å². The molecule has 4 N–H and O–H groups in total. The van der Waals surface area contributed by atoms with Gasteiger partial charge in [0.2, 0.25) is 5.88 Å². The van der Waals surface area contributed by atoms with Gasteiger partial charge in [-0.1, -0.05) is 0 Å². The number of fused-ring (bicyclic) bond motifs is 1. The molecule has 10 nitrogen and oxygen atoms in total. The van der Waals surface area contributed by atoms with E-state index in [0.717, 1.165) is 49.0 Å². The van der Waals surface area contributed by atoms with E-state index in [1.165, 1.54) is 24.7 Å². The molecule has 38 heavy (non-hydrogen) atoms. The lowest BCUT2D eigenvalue weighted by Gasteiger charge is -2.37. The Labute approximate surface area is 221 Å². The second kappa shape index (κ2) is 10.0. The quantitative estimate of drug-likeness (QED) is 0.395. The minimum atomic E-state index is -0.482. The molecule has 1 aliphatic carbocycles. The Balaban J connectivity index is 1.19. The van der Waals surface area contributed by atoms with Gasteiger partial charge in [-0.3, -0.25) is 14.5 Å². The number of carbonyl (C=O) groups excluding carboxylic acids is 1. The third-order valence-electron chi connectivity index (χ3n) is 7.58. The molecule has 3 aromatic rings. The molecule has 1 saturated heterocycles. The Morgan fingerprint density at radius 3 is 2.68 bits per heavy atom. The van der Waals surface area contributed by atoms with Gasteiger partial charge in [-0.05, 0) is 56.5 Å². The predicted molar refractivity (Wildman–Crippen MR) is 149 cm³/mol. The molecule has 1 aromatic carbocycles. The molecule has 4 heterocycles. The van der Waals surface area contributed by atoms with E-state index in [0.29, 0.717) is 36.1 Å². The molecule has 0 spiro atoms. The monoisotopic (exact) mass is 515 g/mol. The highest BCUT2D eigenvalue weighted by Gasteiger charge is 2.31. The number of hydrogen-bond acceptors (Lipinski definition) is 8. The van der Waals surface area contributed by atoms with E-state index in [-0.39, 0.29) is 5.56 Å². The Hall–Kier alpha value is -4.05. The second-order valence-electron chi connectivity index (χ2n) is 10.2. The number of piperazine rings is 1. The summed E-state index contributed by atoms with van der Waals surface area (Å²) in [4.78, 5) is 38.1. The van der Waals surface area contributed by atoms with Gasteiger partial charge in [0.05, 0.1) is 17.6 Å². The number of pyridine rings is 2. The zero-order valence-corrected chi connectivity index (χ0v) is 21.8. The van der Waals surface area contributed by atoms with Crippen LogP contribution < -0.4 is 31.1 Å². The summed E-state index contributed by atoms with van der Waals surface area (Å²) in [5.41, 5.74) is 5.24. The summed E-state index contributed by atoms with van der Waals surface area (Å²) >= 11 is 0. The van der Waals surface area contributed by atoms with Crippen molar-refractivity contribution in [2.24, 2.45) is 0 Å². The lowest BCUT2D eigenvalue weighted by atomic mass is 10.1. The summed E-state index contributed by atoms with van der Waals surface area (Å²) in [5.74, 6) is 0.0661. The Bertz CT molecular complexity index is 1420. The first-order valence-electron chi connectivity index (χ1n) is 13.2. The summed E-state index contributed by atoms with van der Waals surface area (Å²) in [5, 5.41) is 9.45. The summed E-state index contributed by atoms with van der Waals surface area (Å²) in [7, 11) is 0. The largest absolute Gasteiger partial charge is 0.474 e. The smallest absolute Gasteiger partial charge is 0.263 e. The summed E-state index contributed by atoms with van der Waals surface area (Å²) in [6.07, 6.45) is 5.85. The maximum absolute atomic E-state index is 13.3. The first-order valence-corrected chi connectivity index (χ1v) is 13.2. The zero-order chi connectivity index (χ0) is 26.2. The standard InChI is InChI=1S/C28H33N7O3/c1-17-15-19(3-6-23(17)35-12-10-34(11-13-35)20-4-5-20)32-27(37)24-21(7-8-30-26(24)36)33-22-16-31-28-25(18(22)2)29-9-14-38-28/h3,6-8,15-16,20,29H,4-5,9-14H2,1-2H3,(H,32,37)(H2,30,33,36). The molecule has 0 unspecified atom stereocenters. The Morgan fingerprint density at radius 1 is 1.11 bits per heavy atom. The van der Waals surface area contributed by atoms with Crippen LogP contribution in [0, 0.1) is 13.8 Å². The van der Waals surface area contributed by atoms with Crippen LogP contribution in [0.25, 0.3) is 0 Å². The van der Waals surface area contributed by atoms with Gasteiger partial charge in [-0.25, -0.2) is 4.98 Å². The van der Waals surface area contributed by atoms with Crippen molar-refractivity contribution in [1.82, 2.24) is 14.9 Å². The van der Waals surface area contributed by atoms with Gasteiger partial charge in [0, 0.05) is 61.9 Å². The van der Waals surface area contributed by atoms with Crippen LogP contribution in [-0.2, 0) is 0 Å². The minimum Gasteiger partial charge on any atom is -0.474 e. The van der Waals surface area contributed by atoms with E-state index in [2.05, 4.69) is 48.7 Å². The van der Waals surface area contributed by atoms with Gasteiger partial charge >= 0.3 is 0 Å². The van der Waals surface area contributed by atoms with Crippen molar-refractivity contribution >= 4 is 34.3 Å². The maximum atomic E-state index is 13.3. The third kappa shape index (κ3) is 4.79. The number of ether oxygens (including phenoxy) is 1. The van der Waals surface area contributed by atoms with Crippen LogP contribution in [0.2, 0.25) is 0 Å². The molecule has 2 aliphatic heterocycles. The number of amides is 1. The minimum absolute atomic E-state index is 0.00626. The normalized spacial score (nSPS) is 17.3. The van der Waals surface area contributed by atoms with E-state index in [1.807, 2.05) is 19.1 Å². The van der Waals surface area contributed by atoms with E-state index in [4.69, 9.17) is 4.74 Å². The van der Waals surface area contributed by atoms with Crippen LogP contribution >= 0.6 is 0 Å². The summed E-state index contributed by atoms with van der Waals surface area (Å²) in [6, 6.07) is 8.40. The third-order valence-corrected chi connectivity index (χ3v) is 7.58. The molecule has 198 valence electrons. The topological polar surface area (TPSA) is 115 Å². The number of aromatic amines is 1. The van der Waals surface area contributed by atoms with Crippen LogP contribution in [0.4, 0.5) is 28.4 Å². The van der Waals surface area contributed by atoms with Crippen molar-refractivity contribution < 1.29 is 9.53 Å². The molecule has 10 heteroatoms. The number of aryl methyl sites for hydroxylation is 1. The molecule has 0 atom stereocenters. The van der Waals surface area contributed by atoms with Gasteiger partial charge in [0.1, 0.15) is 17.9 Å². The molecule has 0 bridgehead atoms. The van der Waals surface area contributed by atoms with Crippen LogP contribution in [0.1, 0.15) is 34.3 Å². The zero-order valence-electron chi connectivity index (χ0n) is 21.8. The predicted octanol–water partition coefficient (Wildman–Crippen LogP) is 3.47. The number of benzene rings is 1. The molecule has 6 rings (SSSR count). The average Bonchev–Trinajstić information content (AvgIpc) is 3.76. The van der Waals surface area contributed by atoms with Gasteiger partial charge < -0.3 is 30.6 Å². The molecular weight excluding hydrogens is 482 g/mol. The SMILES string of the molecule is Cc1cc(NC(=O)c2c(Nc3cnc4c(c3C)NCCO4)cc[nH]c2=O)ccc1N1CCN(C2CC2)CC1. The van der Waals surface area contributed by atoms with Crippen LogP contribution in [0.15, 0.2) is 41.5 Å². The Morgan fingerprint density at radius 2 is 1.92 bits per heavy atom. The number of anilines is 5. The van der Waals surface area contributed by atoms with Crippen LogP contribution in [0.5, 0.6) is 5.88 Å². The van der Waals surface area contributed by atoms with Gasteiger partial charge in [0.15, 0.2) is 0 Å². The fraction of sp³-hybridized carbons (Fsp3) is 0.393. The number of hydrogen-bond donors (Lipinski definition) is 4. The van der Waals surface area contributed by atoms with Crippen molar-refractivity contribution in [1.29, 1.82) is 0 Å². The van der Waals surface area contributed by atoms with Crippen LogP contribution in [0.3, 0.4) is 0 Å².